The number of hydrogen-bond acceptors (Lipinski definition) is 2. The highest BCUT2D eigenvalue weighted by atomic mass is 16.5. The van der Waals surface area contributed by atoms with Crippen molar-refractivity contribution >= 4 is 5.91 Å². The van der Waals surface area contributed by atoms with Crippen LogP contribution >= 0.6 is 0 Å². The fourth-order valence-electron chi connectivity index (χ4n) is 2.80. The van der Waals surface area contributed by atoms with Crippen LogP contribution in [-0.2, 0) is 13.1 Å². The molecule has 0 radical (unpaired) electrons. The van der Waals surface area contributed by atoms with E-state index in [1.54, 1.807) is 7.11 Å². The van der Waals surface area contributed by atoms with Crippen molar-refractivity contribution in [2.75, 3.05) is 7.11 Å². The van der Waals surface area contributed by atoms with Crippen molar-refractivity contribution in [1.29, 1.82) is 0 Å². The van der Waals surface area contributed by atoms with Gasteiger partial charge in [0.2, 0.25) is 0 Å². The maximum absolute atomic E-state index is 13.2. The van der Waals surface area contributed by atoms with E-state index in [0.717, 1.165) is 11.1 Å². The molecule has 0 spiro atoms. The Kier molecular flexibility index (Phi) is 5.47. The first-order valence-corrected chi connectivity index (χ1v) is 8.28. The molecular formula is C22H21NO2. The Morgan fingerprint density at radius 2 is 1.24 bits per heavy atom. The summed E-state index contributed by atoms with van der Waals surface area (Å²) >= 11 is 0. The number of rotatable bonds is 6. The van der Waals surface area contributed by atoms with Gasteiger partial charge in [0.15, 0.2) is 0 Å². The molecule has 0 aliphatic carbocycles. The minimum atomic E-state index is -0.0369. The third kappa shape index (κ3) is 4.27. The van der Waals surface area contributed by atoms with Crippen molar-refractivity contribution in [3.8, 4) is 5.75 Å². The van der Waals surface area contributed by atoms with Gasteiger partial charge < -0.3 is 9.64 Å². The number of hydrogen-bond donors (Lipinski definition) is 0. The summed E-state index contributed by atoms with van der Waals surface area (Å²) in [4.78, 5) is 15.0. The first-order chi connectivity index (χ1) is 12.3. The van der Waals surface area contributed by atoms with Crippen molar-refractivity contribution in [1.82, 2.24) is 4.90 Å². The quantitative estimate of drug-likeness (QED) is 0.664. The molecule has 0 fully saturated rings. The molecular weight excluding hydrogens is 310 g/mol. The maximum Gasteiger partial charge on any atom is 0.258 e. The summed E-state index contributed by atoms with van der Waals surface area (Å²) < 4.78 is 5.37. The number of ether oxygens (including phenoxy) is 1. The minimum absolute atomic E-state index is 0.0369. The topological polar surface area (TPSA) is 29.5 Å². The van der Waals surface area contributed by atoms with Gasteiger partial charge in [-0.15, -0.1) is 0 Å². The number of nitrogens with zero attached hydrogens (tertiary/aromatic N) is 1. The Bertz CT molecular complexity index is 774. The zero-order valence-electron chi connectivity index (χ0n) is 14.3. The summed E-state index contributed by atoms with van der Waals surface area (Å²) in [5.41, 5.74) is 2.78. The van der Waals surface area contributed by atoms with E-state index in [1.807, 2.05) is 89.8 Å². The summed E-state index contributed by atoms with van der Waals surface area (Å²) in [6.45, 7) is 1.10. The summed E-state index contributed by atoms with van der Waals surface area (Å²) in [5, 5.41) is 0. The Morgan fingerprint density at radius 3 is 1.76 bits per heavy atom. The predicted octanol–water partition coefficient (Wildman–Crippen LogP) is 4.54. The third-order valence-corrected chi connectivity index (χ3v) is 4.06. The second-order valence-electron chi connectivity index (χ2n) is 5.83. The second kappa shape index (κ2) is 8.15. The molecule has 0 atom stereocenters. The molecule has 0 aliphatic heterocycles. The molecule has 3 rings (SSSR count). The molecule has 0 N–H and O–H groups in total. The zero-order valence-corrected chi connectivity index (χ0v) is 14.3. The molecule has 0 aliphatic rings. The molecule has 3 aromatic rings. The van der Waals surface area contributed by atoms with E-state index in [-0.39, 0.29) is 5.91 Å². The summed E-state index contributed by atoms with van der Waals surface area (Å²) in [5.74, 6) is 0.559. The molecule has 0 saturated heterocycles. The Hall–Kier alpha value is -3.07. The number of benzene rings is 3. The molecule has 0 aromatic heterocycles. The van der Waals surface area contributed by atoms with Gasteiger partial charge in [0.1, 0.15) is 5.75 Å². The van der Waals surface area contributed by atoms with E-state index in [2.05, 4.69) is 0 Å². The molecule has 3 aromatic carbocycles. The Balaban J connectivity index is 1.90. The minimum Gasteiger partial charge on any atom is -0.496 e. The largest absolute Gasteiger partial charge is 0.496 e. The number of methoxy groups -OCH3 is 1. The van der Waals surface area contributed by atoms with Gasteiger partial charge in [-0.25, -0.2) is 0 Å². The highest BCUT2D eigenvalue weighted by molar-refractivity contribution is 5.96. The van der Waals surface area contributed by atoms with Gasteiger partial charge in [0.05, 0.1) is 12.7 Å². The lowest BCUT2D eigenvalue weighted by Gasteiger charge is -2.24. The Labute approximate surface area is 148 Å². The van der Waals surface area contributed by atoms with E-state index < -0.39 is 0 Å². The van der Waals surface area contributed by atoms with Gasteiger partial charge in [-0.2, -0.15) is 0 Å². The van der Waals surface area contributed by atoms with E-state index in [1.165, 1.54) is 0 Å². The molecule has 0 heterocycles. The normalized spacial score (nSPS) is 10.3. The third-order valence-electron chi connectivity index (χ3n) is 4.06. The van der Waals surface area contributed by atoms with Crippen LogP contribution in [0, 0.1) is 0 Å². The number of para-hydroxylation sites is 1. The van der Waals surface area contributed by atoms with Crippen molar-refractivity contribution in [2.24, 2.45) is 0 Å². The van der Waals surface area contributed by atoms with Crippen LogP contribution in [0.3, 0.4) is 0 Å². The van der Waals surface area contributed by atoms with Gasteiger partial charge in [-0.1, -0.05) is 72.8 Å². The van der Waals surface area contributed by atoms with E-state index in [0.29, 0.717) is 24.4 Å². The average molecular weight is 331 g/mol. The number of amides is 1. The molecule has 1 amide bonds. The standard InChI is InChI=1S/C22H21NO2/c1-25-21-15-9-8-14-20(21)22(24)23(16-18-10-4-2-5-11-18)17-19-12-6-3-7-13-19/h2-15H,16-17H2,1H3. The van der Waals surface area contributed by atoms with Crippen LogP contribution in [0.25, 0.3) is 0 Å². The van der Waals surface area contributed by atoms with Crippen LogP contribution in [0.15, 0.2) is 84.9 Å². The molecule has 3 heteroatoms. The van der Waals surface area contributed by atoms with Crippen LogP contribution in [0.1, 0.15) is 21.5 Å². The number of carbonyl (C=O) groups is 1. The van der Waals surface area contributed by atoms with E-state index in [9.17, 15) is 4.79 Å². The molecule has 3 nitrogen and oxygen atoms in total. The highest BCUT2D eigenvalue weighted by Crippen LogP contribution is 2.21. The molecule has 126 valence electrons. The fourth-order valence-corrected chi connectivity index (χ4v) is 2.80. The Morgan fingerprint density at radius 1 is 0.760 bits per heavy atom. The summed E-state index contributed by atoms with van der Waals surface area (Å²) in [6.07, 6.45) is 0. The molecule has 0 unspecified atom stereocenters. The molecule has 0 saturated carbocycles. The van der Waals surface area contributed by atoms with Crippen molar-refractivity contribution < 1.29 is 9.53 Å². The van der Waals surface area contributed by atoms with Gasteiger partial charge >= 0.3 is 0 Å². The number of carbonyl (C=O) groups excluding carboxylic acids is 1. The van der Waals surface area contributed by atoms with Gasteiger partial charge in [-0.3, -0.25) is 4.79 Å². The lowest BCUT2D eigenvalue weighted by atomic mass is 10.1. The fraction of sp³-hybridized carbons (Fsp3) is 0.136. The molecule has 25 heavy (non-hydrogen) atoms. The average Bonchev–Trinajstić information content (AvgIpc) is 2.68. The molecule has 0 bridgehead atoms. The van der Waals surface area contributed by atoms with E-state index >= 15 is 0 Å². The lowest BCUT2D eigenvalue weighted by Crippen LogP contribution is -2.30. The first-order valence-electron chi connectivity index (χ1n) is 8.28. The first kappa shape index (κ1) is 16.8. The van der Waals surface area contributed by atoms with E-state index in [4.69, 9.17) is 4.74 Å². The second-order valence-corrected chi connectivity index (χ2v) is 5.83. The zero-order chi connectivity index (χ0) is 17.5. The van der Waals surface area contributed by atoms with Crippen molar-refractivity contribution in [2.45, 2.75) is 13.1 Å². The summed E-state index contributed by atoms with van der Waals surface area (Å²) in [7, 11) is 1.59. The van der Waals surface area contributed by atoms with Gasteiger partial charge in [-0.05, 0) is 23.3 Å². The van der Waals surface area contributed by atoms with Gasteiger partial charge in [0, 0.05) is 13.1 Å². The van der Waals surface area contributed by atoms with Crippen LogP contribution in [0.4, 0.5) is 0 Å². The smallest absolute Gasteiger partial charge is 0.258 e. The van der Waals surface area contributed by atoms with Gasteiger partial charge in [0.25, 0.3) is 5.91 Å². The van der Waals surface area contributed by atoms with Crippen LogP contribution < -0.4 is 4.74 Å². The highest BCUT2D eigenvalue weighted by Gasteiger charge is 2.20. The van der Waals surface area contributed by atoms with Crippen LogP contribution in [0.5, 0.6) is 5.75 Å². The van der Waals surface area contributed by atoms with Crippen molar-refractivity contribution in [3.63, 3.8) is 0 Å². The maximum atomic E-state index is 13.2. The monoisotopic (exact) mass is 331 g/mol. The van der Waals surface area contributed by atoms with Crippen LogP contribution in [0.2, 0.25) is 0 Å². The van der Waals surface area contributed by atoms with Crippen molar-refractivity contribution in [3.05, 3.63) is 102 Å². The SMILES string of the molecule is COc1ccccc1C(=O)N(Cc1ccccc1)Cc1ccccc1. The lowest BCUT2D eigenvalue weighted by molar-refractivity contribution is 0.0726. The summed E-state index contributed by atoms with van der Waals surface area (Å²) in [6, 6.07) is 27.4. The predicted molar refractivity (Wildman–Crippen MR) is 99.5 cm³/mol. The van der Waals surface area contributed by atoms with Crippen LogP contribution in [-0.4, -0.2) is 17.9 Å².